The van der Waals surface area contributed by atoms with Gasteiger partial charge in [-0.05, 0) is 62.1 Å². The molecule has 122 valence electrons. The summed E-state index contributed by atoms with van der Waals surface area (Å²) in [6.07, 6.45) is 0. The zero-order chi connectivity index (χ0) is 17.1. The Morgan fingerprint density at radius 2 is 1.61 bits per heavy atom. The number of rotatable bonds is 4. The Bertz CT molecular complexity index is 733. The van der Waals surface area contributed by atoms with E-state index in [1.807, 2.05) is 27.7 Å². The van der Waals surface area contributed by atoms with Gasteiger partial charge in [0.1, 0.15) is 0 Å². The van der Waals surface area contributed by atoms with Gasteiger partial charge < -0.3 is 5.32 Å². The molecule has 0 aromatic heterocycles. The summed E-state index contributed by atoms with van der Waals surface area (Å²) < 4.78 is 26.0. The number of nitrogens with one attached hydrogen (secondary N) is 1. The molecular weight excluding hydrogens is 316 g/mol. The molecule has 2 aromatic carbocycles. The first kappa shape index (κ1) is 17.5. The van der Waals surface area contributed by atoms with E-state index in [2.05, 4.69) is 11.4 Å². The second kappa shape index (κ2) is 7.13. The van der Waals surface area contributed by atoms with Gasteiger partial charge in [0.25, 0.3) is 0 Å². The van der Waals surface area contributed by atoms with Crippen LogP contribution in [0.2, 0.25) is 0 Å². The van der Waals surface area contributed by atoms with E-state index in [1.54, 1.807) is 0 Å². The van der Waals surface area contributed by atoms with Gasteiger partial charge in [0.15, 0.2) is 11.6 Å². The molecule has 0 fully saturated rings. The van der Waals surface area contributed by atoms with Gasteiger partial charge in [-0.3, -0.25) is 4.79 Å². The third kappa shape index (κ3) is 4.10. The van der Waals surface area contributed by atoms with Crippen molar-refractivity contribution in [2.24, 2.45) is 0 Å². The van der Waals surface area contributed by atoms with Crippen molar-refractivity contribution in [3.63, 3.8) is 0 Å². The maximum Gasteiger partial charge on any atom is 0.234 e. The molecule has 0 heterocycles. The topological polar surface area (TPSA) is 29.1 Å². The number of amides is 1. The number of carbonyl (C=O) groups excluding carboxylic acids is 1. The number of thioether (sulfide) groups is 1. The molecule has 0 bridgehead atoms. The van der Waals surface area contributed by atoms with Gasteiger partial charge in [-0.1, -0.05) is 6.07 Å². The number of hydrogen-bond acceptors (Lipinski definition) is 2. The standard InChI is InChI=1S/C18H19F2NOS/c1-10-7-11(2)13(4)18(12(10)3)23-9-17(22)21-14-5-6-15(19)16(20)8-14/h5-8H,9H2,1-4H3,(H,21,22). The third-order valence-electron chi connectivity index (χ3n) is 3.85. The largest absolute Gasteiger partial charge is 0.325 e. The predicted molar refractivity (Wildman–Crippen MR) is 91.1 cm³/mol. The molecule has 1 N–H and O–H groups in total. The van der Waals surface area contributed by atoms with Crippen LogP contribution in [-0.2, 0) is 4.79 Å². The second-order valence-electron chi connectivity index (χ2n) is 5.56. The first-order valence-corrected chi connectivity index (χ1v) is 8.23. The Balaban J connectivity index is 2.06. The van der Waals surface area contributed by atoms with Gasteiger partial charge in [0, 0.05) is 16.6 Å². The van der Waals surface area contributed by atoms with E-state index in [1.165, 1.54) is 40.1 Å². The van der Waals surface area contributed by atoms with Crippen LogP contribution >= 0.6 is 11.8 Å². The van der Waals surface area contributed by atoms with Crippen molar-refractivity contribution in [3.05, 3.63) is 58.2 Å². The molecule has 0 aliphatic rings. The summed E-state index contributed by atoms with van der Waals surface area (Å²) in [7, 11) is 0. The van der Waals surface area contributed by atoms with Crippen LogP contribution in [-0.4, -0.2) is 11.7 Å². The van der Waals surface area contributed by atoms with Crippen LogP contribution in [0, 0.1) is 39.3 Å². The summed E-state index contributed by atoms with van der Waals surface area (Å²) in [4.78, 5) is 13.1. The maximum atomic E-state index is 13.1. The molecule has 0 aliphatic carbocycles. The minimum Gasteiger partial charge on any atom is -0.325 e. The number of aryl methyl sites for hydroxylation is 2. The quantitative estimate of drug-likeness (QED) is 0.803. The normalized spacial score (nSPS) is 10.7. The maximum absolute atomic E-state index is 13.1. The zero-order valence-electron chi connectivity index (χ0n) is 13.6. The van der Waals surface area contributed by atoms with E-state index in [0.29, 0.717) is 0 Å². The van der Waals surface area contributed by atoms with Crippen LogP contribution in [0.5, 0.6) is 0 Å². The fourth-order valence-electron chi connectivity index (χ4n) is 2.31. The molecule has 0 saturated heterocycles. The lowest BCUT2D eigenvalue weighted by Gasteiger charge is -2.14. The zero-order valence-corrected chi connectivity index (χ0v) is 14.4. The van der Waals surface area contributed by atoms with Crippen molar-refractivity contribution >= 4 is 23.4 Å². The van der Waals surface area contributed by atoms with Crippen LogP contribution in [0.15, 0.2) is 29.2 Å². The summed E-state index contributed by atoms with van der Waals surface area (Å²) in [6.45, 7) is 8.18. The number of hydrogen-bond donors (Lipinski definition) is 1. The molecule has 5 heteroatoms. The van der Waals surface area contributed by atoms with Crippen LogP contribution in [0.4, 0.5) is 14.5 Å². The molecule has 0 spiro atoms. The number of anilines is 1. The molecule has 0 aliphatic heterocycles. The highest BCUT2D eigenvalue weighted by molar-refractivity contribution is 8.00. The van der Waals surface area contributed by atoms with E-state index in [-0.39, 0.29) is 17.3 Å². The van der Waals surface area contributed by atoms with Gasteiger partial charge in [-0.25, -0.2) is 8.78 Å². The monoisotopic (exact) mass is 335 g/mol. The predicted octanol–water partition coefficient (Wildman–Crippen LogP) is 4.93. The van der Waals surface area contributed by atoms with E-state index in [4.69, 9.17) is 0 Å². The van der Waals surface area contributed by atoms with Crippen molar-refractivity contribution in [1.82, 2.24) is 0 Å². The van der Waals surface area contributed by atoms with E-state index in [9.17, 15) is 13.6 Å². The Morgan fingerprint density at radius 3 is 2.17 bits per heavy atom. The second-order valence-corrected chi connectivity index (χ2v) is 6.54. The highest BCUT2D eigenvalue weighted by Crippen LogP contribution is 2.30. The Hall–Kier alpha value is -1.88. The van der Waals surface area contributed by atoms with Crippen molar-refractivity contribution in [2.75, 3.05) is 11.1 Å². The van der Waals surface area contributed by atoms with E-state index in [0.717, 1.165) is 17.0 Å². The fraction of sp³-hybridized carbons (Fsp3) is 0.278. The lowest BCUT2D eigenvalue weighted by Crippen LogP contribution is -2.14. The Labute approximate surface area is 139 Å². The molecular formula is C18H19F2NOS. The van der Waals surface area contributed by atoms with E-state index >= 15 is 0 Å². The average molecular weight is 335 g/mol. The van der Waals surface area contributed by atoms with Crippen molar-refractivity contribution in [2.45, 2.75) is 32.6 Å². The van der Waals surface area contributed by atoms with Crippen LogP contribution in [0.3, 0.4) is 0 Å². The summed E-state index contributed by atoms with van der Waals surface area (Å²) in [5.74, 6) is -1.95. The molecule has 0 radical (unpaired) electrons. The minimum absolute atomic E-state index is 0.212. The van der Waals surface area contributed by atoms with Gasteiger partial charge in [-0.2, -0.15) is 0 Å². The first-order chi connectivity index (χ1) is 10.8. The smallest absolute Gasteiger partial charge is 0.234 e. The molecule has 2 aromatic rings. The molecule has 2 nitrogen and oxygen atoms in total. The SMILES string of the molecule is Cc1cc(C)c(C)c(SCC(=O)Nc2ccc(F)c(F)c2)c1C. The number of benzene rings is 2. The van der Waals surface area contributed by atoms with Gasteiger partial charge in [0.05, 0.1) is 5.75 Å². The summed E-state index contributed by atoms with van der Waals surface area (Å²) in [5.41, 5.74) is 4.97. The summed E-state index contributed by atoms with van der Waals surface area (Å²) in [6, 6.07) is 5.45. The van der Waals surface area contributed by atoms with Crippen LogP contribution < -0.4 is 5.32 Å². The third-order valence-corrected chi connectivity index (χ3v) is 5.16. The van der Waals surface area contributed by atoms with Crippen LogP contribution in [0.1, 0.15) is 22.3 Å². The molecule has 0 atom stereocenters. The molecule has 0 saturated carbocycles. The highest BCUT2D eigenvalue weighted by Gasteiger charge is 2.12. The molecule has 23 heavy (non-hydrogen) atoms. The van der Waals surface area contributed by atoms with Crippen molar-refractivity contribution in [3.8, 4) is 0 Å². The fourth-order valence-corrected chi connectivity index (χ4v) is 3.41. The lowest BCUT2D eigenvalue weighted by molar-refractivity contribution is -0.113. The van der Waals surface area contributed by atoms with Gasteiger partial charge in [-0.15, -0.1) is 11.8 Å². The summed E-state index contributed by atoms with van der Waals surface area (Å²) >= 11 is 1.46. The first-order valence-electron chi connectivity index (χ1n) is 7.24. The number of halogens is 2. The lowest BCUT2D eigenvalue weighted by atomic mass is 10.0. The summed E-state index contributed by atoms with van der Waals surface area (Å²) in [5, 5.41) is 2.58. The van der Waals surface area contributed by atoms with Crippen molar-refractivity contribution < 1.29 is 13.6 Å². The van der Waals surface area contributed by atoms with Crippen molar-refractivity contribution in [1.29, 1.82) is 0 Å². The van der Waals surface area contributed by atoms with Gasteiger partial charge in [0.2, 0.25) is 5.91 Å². The minimum atomic E-state index is -0.976. The van der Waals surface area contributed by atoms with Gasteiger partial charge >= 0.3 is 0 Å². The highest BCUT2D eigenvalue weighted by atomic mass is 32.2. The Kier molecular flexibility index (Phi) is 5.42. The Morgan fingerprint density at radius 1 is 1.00 bits per heavy atom. The van der Waals surface area contributed by atoms with E-state index < -0.39 is 11.6 Å². The molecule has 1 amide bonds. The average Bonchev–Trinajstić information content (AvgIpc) is 2.49. The molecule has 2 rings (SSSR count). The van der Waals surface area contributed by atoms with Crippen LogP contribution in [0.25, 0.3) is 0 Å². The molecule has 0 unspecified atom stereocenters. The number of carbonyl (C=O) groups is 1.